The van der Waals surface area contributed by atoms with Gasteiger partial charge in [-0.1, -0.05) is 71.5 Å². The number of aliphatic hydroxyl groups is 1. The fourth-order valence-electron chi connectivity index (χ4n) is 4.57. The molecule has 1 aromatic heterocycles. The molecule has 1 aliphatic heterocycles. The lowest BCUT2D eigenvalue weighted by atomic mass is 9.95. The van der Waals surface area contributed by atoms with Crippen molar-refractivity contribution < 1.29 is 29.0 Å². The molecule has 8 nitrogen and oxygen atoms in total. The van der Waals surface area contributed by atoms with Crippen LogP contribution in [0.1, 0.15) is 50.6 Å². The average molecular weight is 569 g/mol. The van der Waals surface area contributed by atoms with Crippen LogP contribution in [-0.4, -0.2) is 34.4 Å². The highest BCUT2D eigenvalue weighted by atomic mass is 32.1. The molecule has 4 aromatic rings. The summed E-state index contributed by atoms with van der Waals surface area (Å²) in [6, 6.07) is 22.8. The van der Waals surface area contributed by atoms with Crippen LogP contribution in [0.15, 0.2) is 84.4 Å². The molecule has 1 saturated heterocycles. The van der Waals surface area contributed by atoms with Gasteiger partial charge < -0.3 is 14.6 Å². The van der Waals surface area contributed by atoms with Crippen LogP contribution in [-0.2, 0) is 20.9 Å². The van der Waals surface area contributed by atoms with E-state index in [1.807, 2.05) is 49.4 Å². The molecule has 3 aromatic carbocycles. The zero-order valence-corrected chi connectivity index (χ0v) is 23.6. The highest BCUT2D eigenvalue weighted by molar-refractivity contribution is 7.17. The molecule has 9 heteroatoms. The van der Waals surface area contributed by atoms with E-state index in [0.29, 0.717) is 29.2 Å². The van der Waals surface area contributed by atoms with Crippen LogP contribution in [0.2, 0.25) is 0 Å². The van der Waals surface area contributed by atoms with Crippen molar-refractivity contribution >= 4 is 39.9 Å². The lowest BCUT2D eigenvalue weighted by Gasteiger charge is -2.23. The van der Waals surface area contributed by atoms with Crippen LogP contribution in [0.5, 0.6) is 5.75 Å². The Labute approximate surface area is 241 Å². The first-order valence-electron chi connectivity index (χ1n) is 13.1. The van der Waals surface area contributed by atoms with Gasteiger partial charge in [0.2, 0.25) is 0 Å². The molecule has 41 heavy (non-hydrogen) atoms. The van der Waals surface area contributed by atoms with Gasteiger partial charge in [-0.3, -0.25) is 14.5 Å². The Morgan fingerprint density at radius 2 is 1.66 bits per heavy atom. The standard InChI is InChI=1S/C32H28N2O6S/c1-4-39-31(38)29-20(3)33-32(41-29)34-26(22-12-10-19(2)11-13-22)25(28(36)30(34)37)27(35)23-14-16-24(17-15-23)40-18-21-8-6-5-7-9-21/h5-17,26,35H,4,18H2,1-3H3/b27-25+. The fraction of sp³-hybridized carbons (Fsp3) is 0.188. The Morgan fingerprint density at radius 1 is 0.976 bits per heavy atom. The minimum Gasteiger partial charge on any atom is -0.507 e. The van der Waals surface area contributed by atoms with E-state index in [-0.39, 0.29) is 27.9 Å². The van der Waals surface area contributed by atoms with Crippen molar-refractivity contribution in [2.24, 2.45) is 0 Å². The van der Waals surface area contributed by atoms with Gasteiger partial charge in [0.15, 0.2) is 5.13 Å². The number of aliphatic hydroxyl groups excluding tert-OH is 1. The van der Waals surface area contributed by atoms with Gasteiger partial charge in [0, 0.05) is 5.56 Å². The summed E-state index contributed by atoms with van der Waals surface area (Å²) in [5.74, 6) is -1.96. The Morgan fingerprint density at radius 3 is 2.32 bits per heavy atom. The van der Waals surface area contributed by atoms with Crippen LogP contribution in [0.25, 0.3) is 5.76 Å². The molecular formula is C32H28N2O6S. The van der Waals surface area contributed by atoms with E-state index >= 15 is 0 Å². The van der Waals surface area contributed by atoms with Crippen molar-refractivity contribution in [3.8, 4) is 5.75 Å². The quantitative estimate of drug-likeness (QED) is 0.118. The smallest absolute Gasteiger partial charge is 0.350 e. The van der Waals surface area contributed by atoms with Crippen molar-refractivity contribution in [3.63, 3.8) is 0 Å². The summed E-state index contributed by atoms with van der Waals surface area (Å²) >= 11 is 0.974. The number of anilines is 1. The van der Waals surface area contributed by atoms with Crippen LogP contribution in [0, 0.1) is 13.8 Å². The molecule has 5 rings (SSSR count). The summed E-state index contributed by atoms with van der Waals surface area (Å²) in [5, 5.41) is 11.6. The summed E-state index contributed by atoms with van der Waals surface area (Å²) in [4.78, 5) is 45.3. The second kappa shape index (κ2) is 11.8. The van der Waals surface area contributed by atoms with Crippen molar-refractivity contribution in [2.45, 2.75) is 33.4 Å². The Hall–Kier alpha value is -4.76. The zero-order chi connectivity index (χ0) is 29.1. The molecule has 1 unspecified atom stereocenters. The van der Waals surface area contributed by atoms with E-state index in [2.05, 4.69) is 4.98 Å². The Kier molecular flexibility index (Phi) is 7.98. The summed E-state index contributed by atoms with van der Waals surface area (Å²) in [7, 11) is 0. The van der Waals surface area contributed by atoms with Gasteiger partial charge in [0.25, 0.3) is 5.78 Å². The monoisotopic (exact) mass is 568 g/mol. The van der Waals surface area contributed by atoms with Crippen LogP contribution >= 0.6 is 11.3 Å². The number of carbonyl (C=O) groups is 3. The second-order valence-electron chi connectivity index (χ2n) is 9.51. The highest BCUT2D eigenvalue weighted by Gasteiger charge is 2.48. The van der Waals surface area contributed by atoms with E-state index in [4.69, 9.17) is 9.47 Å². The molecule has 1 amide bonds. The summed E-state index contributed by atoms with van der Waals surface area (Å²) < 4.78 is 11.0. The van der Waals surface area contributed by atoms with E-state index in [0.717, 1.165) is 22.5 Å². The maximum absolute atomic E-state index is 13.5. The number of amides is 1. The van der Waals surface area contributed by atoms with E-state index in [1.54, 1.807) is 50.2 Å². The molecule has 0 saturated carbocycles. The first-order valence-corrected chi connectivity index (χ1v) is 13.9. The van der Waals surface area contributed by atoms with Gasteiger partial charge in [-0.15, -0.1) is 0 Å². The van der Waals surface area contributed by atoms with Gasteiger partial charge in [0.05, 0.1) is 23.9 Å². The predicted octanol–water partition coefficient (Wildman–Crippen LogP) is 6.14. The van der Waals surface area contributed by atoms with Gasteiger partial charge in [-0.2, -0.15) is 0 Å². The molecule has 0 bridgehead atoms. The van der Waals surface area contributed by atoms with E-state index in [1.165, 1.54) is 4.90 Å². The number of benzene rings is 3. The summed E-state index contributed by atoms with van der Waals surface area (Å²) in [6.07, 6.45) is 0. The van der Waals surface area contributed by atoms with E-state index < -0.39 is 23.7 Å². The molecule has 2 heterocycles. The van der Waals surface area contributed by atoms with Gasteiger partial charge in [0.1, 0.15) is 23.0 Å². The number of carbonyl (C=O) groups excluding carboxylic acids is 3. The third-order valence-electron chi connectivity index (χ3n) is 6.67. The second-order valence-corrected chi connectivity index (χ2v) is 10.5. The minimum atomic E-state index is -0.954. The summed E-state index contributed by atoms with van der Waals surface area (Å²) in [6.45, 7) is 5.84. The largest absolute Gasteiger partial charge is 0.507 e. The number of hydrogen-bond donors (Lipinski definition) is 1. The number of ether oxygens (including phenoxy) is 2. The minimum absolute atomic E-state index is 0.0673. The Bertz CT molecular complexity index is 1630. The first kappa shape index (κ1) is 27.8. The molecule has 0 spiro atoms. The fourth-order valence-corrected chi connectivity index (χ4v) is 5.56. The maximum atomic E-state index is 13.5. The number of hydrogen-bond acceptors (Lipinski definition) is 8. The van der Waals surface area contributed by atoms with Gasteiger partial charge in [-0.05, 0) is 56.2 Å². The molecule has 0 aliphatic carbocycles. The number of aryl methyl sites for hydroxylation is 2. The molecular weight excluding hydrogens is 540 g/mol. The molecule has 1 aliphatic rings. The van der Waals surface area contributed by atoms with Crippen molar-refractivity contribution in [3.05, 3.63) is 117 Å². The number of ketones is 1. The first-order chi connectivity index (χ1) is 19.8. The topological polar surface area (TPSA) is 106 Å². The third kappa shape index (κ3) is 5.62. The maximum Gasteiger partial charge on any atom is 0.350 e. The lowest BCUT2D eigenvalue weighted by Crippen LogP contribution is -2.29. The highest BCUT2D eigenvalue weighted by Crippen LogP contribution is 2.44. The molecule has 1 fully saturated rings. The Balaban J connectivity index is 1.53. The summed E-state index contributed by atoms with van der Waals surface area (Å²) in [5.41, 5.74) is 3.30. The molecule has 1 N–H and O–H groups in total. The number of nitrogens with zero attached hydrogens (tertiary/aromatic N) is 2. The number of thiazole rings is 1. The van der Waals surface area contributed by atoms with Crippen molar-refractivity contribution in [1.82, 2.24) is 4.98 Å². The van der Waals surface area contributed by atoms with Crippen molar-refractivity contribution in [2.75, 3.05) is 11.5 Å². The molecule has 0 radical (unpaired) electrons. The third-order valence-corrected chi connectivity index (χ3v) is 7.80. The van der Waals surface area contributed by atoms with Gasteiger partial charge >= 0.3 is 11.9 Å². The van der Waals surface area contributed by atoms with Crippen LogP contribution < -0.4 is 9.64 Å². The predicted molar refractivity (Wildman–Crippen MR) is 156 cm³/mol. The number of esters is 1. The van der Waals surface area contributed by atoms with Crippen molar-refractivity contribution in [1.29, 1.82) is 0 Å². The average Bonchev–Trinajstić information content (AvgIpc) is 3.49. The number of Topliss-reactive ketones (excluding diaryl/α,β-unsaturated/α-hetero) is 1. The number of rotatable bonds is 8. The zero-order valence-electron chi connectivity index (χ0n) is 22.8. The van der Waals surface area contributed by atoms with Crippen LogP contribution in [0.3, 0.4) is 0 Å². The van der Waals surface area contributed by atoms with Crippen LogP contribution in [0.4, 0.5) is 5.13 Å². The normalized spacial score (nSPS) is 16.2. The number of aromatic nitrogens is 1. The van der Waals surface area contributed by atoms with Gasteiger partial charge in [-0.25, -0.2) is 9.78 Å². The SMILES string of the molecule is CCOC(=O)c1sc(N2C(=O)C(=O)/C(=C(/O)c3ccc(OCc4ccccc4)cc3)C2c2ccc(C)cc2)nc1C. The lowest BCUT2D eigenvalue weighted by molar-refractivity contribution is -0.132. The molecule has 1 atom stereocenters. The van der Waals surface area contributed by atoms with E-state index in [9.17, 15) is 19.5 Å². The molecule has 208 valence electrons.